The molecule has 0 bridgehead atoms. The zero-order valence-corrected chi connectivity index (χ0v) is 9.67. The zero-order valence-electron chi connectivity index (χ0n) is 9.67. The number of nitrogens with zero attached hydrogens (tertiary/aromatic N) is 1. The number of nitro groups is 1. The summed E-state index contributed by atoms with van der Waals surface area (Å²) < 4.78 is 38.2. The van der Waals surface area contributed by atoms with Crippen LogP contribution in [0.1, 0.15) is 35.3 Å². The number of benzene rings is 1. The third-order valence-corrected chi connectivity index (χ3v) is 2.50. The molecule has 0 N–H and O–H groups in total. The molecule has 0 amide bonds. The molecular formula is C11H10F3NO3. The van der Waals surface area contributed by atoms with Crippen molar-refractivity contribution in [2.45, 2.75) is 26.4 Å². The van der Waals surface area contributed by atoms with Gasteiger partial charge in [-0.3, -0.25) is 14.9 Å². The highest BCUT2D eigenvalue weighted by molar-refractivity contribution is 5.98. The Kier molecular flexibility index (Phi) is 3.73. The van der Waals surface area contributed by atoms with E-state index in [0.717, 1.165) is 13.0 Å². The van der Waals surface area contributed by atoms with E-state index in [1.54, 1.807) is 0 Å². The second kappa shape index (κ2) is 4.75. The van der Waals surface area contributed by atoms with E-state index < -0.39 is 33.7 Å². The number of hydrogen-bond donors (Lipinski definition) is 0. The third kappa shape index (κ3) is 2.49. The molecule has 0 atom stereocenters. The van der Waals surface area contributed by atoms with Crippen LogP contribution in [-0.4, -0.2) is 10.7 Å². The lowest BCUT2D eigenvalue weighted by atomic mass is 9.94. The molecule has 0 aliphatic carbocycles. The fraction of sp³-hybridized carbons (Fsp3) is 0.364. The molecule has 0 aliphatic rings. The lowest BCUT2D eigenvalue weighted by Gasteiger charge is -2.14. The number of Topliss-reactive ketones (excluding diaryl/α,β-unsaturated/α-hetero) is 1. The fourth-order valence-corrected chi connectivity index (χ4v) is 1.80. The smallest absolute Gasteiger partial charge is 0.294 e. The minimum Gasteiger partial charge on any atom is -0.294 e. The van der Waals surface area contributed by atoms with Crippen molar-refractivity contribution < 1.29 is 22.9 Å². The van der Waals surface area contributed by atoms with Gasteiger partial charge in [0.1, 0.15) is 0 Å². The van der Waals surface area contributed by atoms with Gasteiger partial charge in [0.2, 0.25) is 0 Å². The van der Waals surface area contributed by atoms with Crippen LogP contribution >= 0.6 is 0 Å². The van der Waals surface area contributed by atoms with E-state index in [4.69, 9.17) is 0 Å². The molecule has 4 nitrogen and oxygen atoms in total. The highest BCUT2D eigenvalue weighted by Gasteiger charge is 2.37. The molecule has 0 saturated heterocycles. The summed E-state index contributed by atoms with van der Waals surface area (Å²) in [6.07, 6.45) is -4.73. The summed E-state index contributed by atoms with van der Waals surface area (Å²) >= 11 is 0. The number of ketones is 1. The first-order valence-corrected chi connectivity index (χ1v) is 5.08. The van der Waals surface area contributed by atoms with E-state index in [1.165, 1.54) is 6.92 Å². The van der Waals surface area contributed by atoms with E-state index >= 15 is 0 Å². The van der Waals surface area contributed by atoms with Crippen LogP contribution < -0.4 is 0 Å². The van der Waals surface area contributed by atoms with E-state index in [1.807, 2.05) is 0 Å². The topological polar surface area (TPSA) is 60.2 Å². The maximum atomic E-state index is 12.7. The van der Waals surface area contributed by atoms with Crippen LogP contribution in [0.5, 0.6) is 0 Å². The molecule has 0 spiro atoms. The Hall–Kier alpha value is -1.92. The molecule has 1 rings (SSSR count). The van der Waals surface area contributed by atoms with Crippen LogP contribution in [0.2, 0.25) is 0 Å². The lowest BCUT2D eigenvalue weighted by Crippen LogP contribution is -2.15. The van der Waals surface area contributed by atoms with Gasteiger partial charge in [-0.1, -0.05) is 6.92 Å². The average Bonchev–Trinajstić information content (AvgIpc) is 2.25. The van der Waals surface area contributed by atoms with Gasteiger partial charge in [0.25, 0.3) is 5.69 Å². The molecule has 0 aromatic heterocycles. The predicted octanol–water partition coefficient (Wildman–Crippen LogP) is 3.38. The highest BCUT2D eigenvalue weighted by atomic mass is 19.4. The molecule has 0 fully saturated rings. The highest BCUT2D eigenvalue weighted by Crippen LogP contribution is 2.37. The van der Waals surface area contributed by atoms with Crippen molar-refractivity contribution in [3.05, 3.63) is 38.9 Å². The number of alkyl halides is 3. The maximum Gasteiger partial charge on any atom is 0.417 e. The van der Waals surface area contributed by atoms with Crippen LogP contribution in [-0.2, 0) is 12.6 Å². The summed E-state index contributed by atoms with van der Waals surface area (Å²) in [5.74, 6) is -0.831. The minimum absolute atomic E-state index is 0.0187. The summed E-state index contributed by atoms with van der Waals surface area (Å²) in [5, 5.41) is 10.7. The second-order valence-electron chi connectivity index (χ2n) is 3.65. The molecular weight excluding hydrogens is 251 g/mol. The van der Waals surface area contributed by atoms with Gasteiger partial charge in [-0.2, -0.15) is 13.2 Å². The van der Waals surface area contributed by atoms with E-state index in [-0.39, 0.29) is 12.0 Å². The Morgan fingerprint density at radius 1 is 1.39 bits per heavy atom. The summed E-state index contributed by atoms with van der Waals surface area (Å²) in [7, 11) is 0. The van der Waals surface area contributed by atoms with Crippen LogP contribution in [0.3, 0.4) is 0 Å². The second-order valence-corrected chi connectivity index (χ2v) is 3.65. The van der Waals surface area contributed by atoms with Gasteiger partial charge in [-0.05, 0) is 19.4 Å². The van der Waals surface area contributed by atoms with Crippen molar-refractivity contribution in [1.29, 1.82) is 0 Å². The summed E-state index contributed by atoms with van der Waals surface area (Å²) in [6.45, 7) is 2.43. The zero-order chi connectivity index (χ0) is 14.1. The normalized spacial score (nSPS) is 11.4. The van der Waals surface area contributed by atoms with Crippen LogP contribution in [0, 0.1) is 10.1 Å². The first kappa shape index (κ1) is 14.1. The minimum atomic E-state index is -4.71. The van der Waals surface area contributed by atoms with Gasteiger partial charge in [-0.15, -0.1) is 0 Å². The number of rotatable bonds is 3. The molecule has 0 radical (unpaired) electrons. The fourth-order valence-electron chi connectivity index (χ4n) is 1.80. The number of carbonyl (C=O) groups excluding carboxylic acids is 1. The van der Waals surface area contributed by atoms with Crippen LogP contribution in [0.4, 0.5) is 18.9 Å². The molecule has 1 aromatic rings. The van der Waals surface area contributed by atoms with E-state index in [0.29, 0.717) is 6.07 Å². The third-order valence-electron chi connectivity index (χ3n) is 2.50. The number of hydrogen-bond acceptors (Lipinski definition) is 3. The Morgan fingerprint density at radius 3 is 2.28 bits per heavy atom. The van der Waals surface area contributed by atoms with Crippen LogP contribution in [0.15, 0.2) is 12.1 Å². The van der Waals surface area contributed by atoms with Gasteiger partial charge in [0.15, 0.2) is 5.78 Å². The van der Waals surface area contributed by atoms with E-state index in [2.05, 4.69) is 0 Å². The molecule has 0 aliphatic heterocycles. The standard InChI is InChI=1S/C11H10F3NO3/c1-3-7-9(15(17)18)5-4-8(11(12,13)14)10(7)6(2)16/h4-5H,3H2,1-2H3. The molecule has 98 valence electrons. The Balaban J connectivity index is 3.70. The predicted molar refractivity (Wildman–Crippen MR) is 57.5 cm³/mol. The Morgan fingerprint density at radius 2 is 1.94 bits per heavy atom. The Bertz CT molecular complexity index is 509. The van der Waals surface area contributed by atoms with Gasteiger partial charge < -0.3 is 0 Å². The number of nitro benzene ring substituents is 1. The van der Waals surface area contributed by atoms with Crippen molar-refractivity contribution in [3.63, 3.8) is 0 Å². The molecule has 0 heterocycles. The SMILES string of the molecule is CCc1c([N+](=O)[O-])ccc(C(F)(F)F)c1C(C)=O. The number of carbonyl (C=O) groups is 1. The van der Waals surface area contributed by atoms with Gasteiger partial charge >= 0.3 is 6.18 Å². The van der Waals surface area contributed by atoms with Gasteiger partial charge in [-0.25, -0.2) is 0 Å². The molecule has 7 heteroatoms. The summed E-state index contributed by atoms with van der Waals surface area (Å²) in [5.41, 5.74) is -2.38. The summed E-state index contributed by atoms with van der Waals surface area (Å²) in [4.78, 5) is 21.3. The number of halogens is 3. The first-order valence-electron chi connectivity index (χ1n) is 5.08. The van der Waals surface area contributed by atoms with Crippen molar-refractivity contribution in [2.75, 3.05) is 0 Å². The molecule has 0 unspecified atom stereocenters. The quantitative estimate of drug-likeness (QED) is 0.476. The Labute approximate surface area is 101 Å². The van der Waals surface area contributed by atoms with Crippen molar-refractivity contribution in [3.8, 4) is 0 Å². The molecule has 18 heavy (non-hydrogen) atoms. The van der Waals surface area contributed by atoms with Crippen molar-refractivity contribution >= 4 is 11.5 Å². The van der Waals surface area contributed by atoms with Crippen LogP contribution in [0.25, 0.3) is 0 Å². The monoisotopic (exact) mass is 261 g/mol. The molecule has 0 saturated carbocycles. The summed E-state index contributed by atoms with van der Waals surface area (Å²) in [6, 6.07) is 1.36. The van der Waals surface area contributed by atoms with Crippen molar-refractivity contribution in [2.24, 2.45) is 0 Å². The van der Waals surface area contributed by atoms with E-state index in [9.17, 15) is 28.1 Å². The first-order chi connectivity index (χ1) is 8.20. The van der Waals surface area contributed by atoms with Gasteiger partial charge in [0, 0.05) is 17.2 Å². The maximum absolute atomic E-state index is 12.7. The lowest BCUT2D eigenvalue weighted by molar-refractivity contribution is -0.385. The van der Waals surface area contributed by atoms with Crippen molar-refractivity contribution in [1.82, 2.24) is 0 Å². The largest absolute Gasteiger partial charge is 0.417 e. The average molecular weight is 261 g/mol. The van der Waals surface area contributed by atoms with Gasteiger partial charge in [0.05, 0.1) is 10.5 Å². The molecule has 1 aromatic carbocycles.